The van der Waals surface area contributed by atoms with Crippen molar-refractivity contribution < 1.29 is 9.53 Å². The lowest BCUT2D eigenvalue weighted by Crippen LogP contribution is -2.49. The predicted octanol–water partition coefficient (Wildman–Crippen LogP) is 3.89. The van der Waals surface area contributed by atoms with Crippen LogP contribution in [0, 0.1) is 0 Å². The third-order valence-electron chi connectivity index (χ3n) is 4.40. The zero-order chi connectivity index (χ0) is 17.8. The highest BCUT2D eigenvalue weighted by Gasteiger charge is 2.23. The second-order valence-corrected chi connectivity index (χ2v) is 6.78. The number of piperazine rings is 1. The lowest BCUT2D eigenvalue weighted by molar-refractivity contribution is -0.130. The molecule has 0 spiro atoms. The average Bonchev–Trinajstić information content (AvgIpc) is 2.63. The van der Waals surface area contributed by atoms with Gasteiger partial charge in [0.05, 0.1) is 29.3 Å². The second-order valence-electron chi connectivity index (χ2n) is 5.96. The molecule has 132 valence electrons. The van der Waals surface area contributed by atoms with Crippen LogP contribution < -0.4 is 9.64 Å². The monoisotopic (exact) mass is 378 g/mol. The molecule has 0 bridgehead atoms. The van der Waals surface area contributed by atoms with E-state index in [-0.39, 0.29) is 5.91 Å². The number of nitrogens with zero attached hydrogens (tertiary/aromatic N) is 2. The number of hydrogen-bond acceptors (Lipinski definition) is 3. The van der Waals surface area contributed by atoms with Gasteiger partial charge in [0.2, 0.25) is 5.91 Å². The highest BCUT2D eigenvalue weighted by atomic mass is 35.5. The van der Waals surface area contributed by atoms with Gasteiger partial charge in [-0.15, -0.1) is 0 Å². The van der Waals surface area contributed by atoms with E-state index < -0.39 is 0 Å². The maximum Gasteiger partial charge on any atom is 0.227 e. The first kappa shape index (κ1) is 17.9. The third kappa shape index (κ3) is 4.20. The molecule has 1 aliphatic rings. The molecule has 0 N–H and O–H groups in total. The molecule has 1 saturated heterocycles. The van der Waals surface area contributed by atoms with Crippen LogP contribution in [0.25, 0.3) is 0 Å². The highest BCUT2D eigenvalue weighted by molar-refractivity contribution is 6.39. The van der Waals surface area contributed by atoms with Crippen LogP contribution in [0.2, 0.25) is 10.0 Å². The summed E-state index contributed by atoms with van der Waals surface area (Å²) in [6.07, 6.45) is 0.400. The number of halogens is 2. The van der Waals surface area contributed by atoms with Gasteiger partial charge in [-0.2, -0.15) is 0 Å². The van der Waals surface area contributed by atoms with E-state index in [1.165, 1.54) is 0 Å². The highest BCUT2D eigenvalue weighted by Crippen LogP contribution is 2.34. The molecular weight excluding hydrogens is 359 g/mol. The second kappa shape index (κ2) is 7.98. The molecule has 6 heteroatoms. The molecule has 0 atom stereocenters. The largest absolute Gasteiger partial charge is 0.497 e. The molecule has 0 saturated carbocycles. The van der Waals surface area contributed by atoms with Crippen molar-refractivity contribution in [1.82, 2.24) is 4.90 Å². The molecule has 0 aromatic heterocycles. The van der Waals surface area contributed by atoms with Crippen molar-refractivity contribution in [2.75, 3.05) is 38.2 Å². The SMILES string of the molecule is COc1ccc(CC(=O)N2CCN(c3c(Cl)cccc3Cl)CC2)cc1. The van der Waals surface area contributed by atoms with E-state index in [1.807, 2.05) is 47.4 Å². The van der Waals surface area contributed by atoms with Crippen LogP contribution in [-0.2, 0) is 11.2 Å². The number of rotatable bonds is 4. The fraction of sp³-hybridized carbons (Fsp3) is 0.316. The van der Waals surface area contributed by atoms with Crippen LogP contribution in [0.3, 0.4) is 0 Å². The van der Waals surface area contributed by atoms with E-state index in [0.29, 0.717) is 29.6 Å². The van der Waals surface area contributed by atoms with Crippen LogP contribution in [0.1, 0.15) is 5.56 Å². The van der Waals surface area contributed by atoms with Crippen molar-refractivity contribution in [2.24, 2.45) is 0 Å². The molecule has 2 aromatic carbocycles. The summed E-state index contributed by atoms with van der Waals surface area (Å²) >= 11 is 12.6. The molecule has 0 unspecified atom stereocenters. The lowest BCUT2D eigenvalue weighted by Gasteiger charge is -2.37. The van der Waals surface area contributed by atoms with Crippen LogP contribution in [-0.4, -0.2) is 44.1 Å². The summed E-state index contributed by atoms with van der Waals surface area (Å²) in [5, 5.41) is 1.29. The number of amides is 1. The Hall–Kier alpha value is -1.91. The topological polar surface area (TPSA) is 32.8 Å². The van der Waals surface area contributed by atoms with Gasteiger partial charge in [0.15, 0.2) is 0 Å². The Kier molecular flexibility index (Phi) is 5.71. The summed E-state index contributed by atoms with van der Waals surface area (Å²) < 4.78 is 5.14. The standard InChI is InChI=1S/C19H20Cl2N2O2/c1-25-15-7-5-14(6-8-15)13-18(24)22-9-11-23(12-10-22)19-16(20)3-2-4-17(19)21/h2-8H,9-13H2,1H3. The van der Waals surface area contributed by atoms with Gasteiger partial charge in [0.25, 0.3) is 0 Å². The summed E-state index contributed by atoms with van der Waals surface area (Å²) in [5.74, 6) is 0.927. The fourth-order valence-corrected chi connectivity index (χ4v) is 3.64. The Balaban J connectivity index is 1.59. The third-order valence-corrected chi connectivity index (χ3v) is 5.01. The van der Waals surface area contributed by atoms with E-state index in [9.17, 15) is 4.79 Å². The number of ether oxygens (including phenoxy) is 1. The maximum atomic E-state index is 12.5. The van der Waals surface area contributed by atoms with Gasteiger partial charge in [-0.05, 0) is 29.8 Å². The van der Waals surface area contributed by atoms with Gasteiger partial charge < -0.3 is 14.5 Å². The van der Waals surface area contributed by atoms with Gasteiger partial charge in [-0.1, -0.05) is 41.4 Å². The minimum absolute atomic E-state index is 0.134. The van der Waals surface area contributed by atoms with Crippen molar-refractivity contribution in [3.8, 4) is 5.75 Å². The van der Waals surface area contributed by atoms with E-state index >= 15 is 0 Å². The first-order valence-corrected chi connectivity index (χ1v) is 8.94. The normalized spacial score (nSPS) is 14.5. The molecular formula is C19H20Cl2N2O2. The Morgan fingerprint density at radius 3 is 2.16 bits per heavy atom. The Labute approximate surface area is 157 Å². The summed E-state index contributed by atoms with van der Waals surface area (Å²) in [7, 11) is 1.63. The van der Waals surface area contributed by atoms with E-state index in [1.54, 1.807) is 7.11 Å². The number of carbonyl (C=O) groups is 1. The molecule has 4 nitrogen and oxygen atoms in total. The number of anilines is 1. The number of carbonyl (C=O) groups excluding carboxylic acids is 1. The summed E-state index contributed by atoms with van der Waals surface area (Å²) in [4.78, 5) is 16.6. The molecule has 25 heavy (non-hydrogen) atoms. The lowest BCUT2D eigenvalue weighted by atomic mass is 10.1. The quantitative estimate of drug-likeness (QED) is 0.808. The number of para-hydroxylation sites is 1. The molecule has 1 aliphatic heterocycles. The smallest absolute Gasteiger partial charge is 0.227 e. The van der Waals surface area contributed by atoms with Crippen molar-refractivity contribution in [1.29, 1.82) is 0 Å². The first-order valence-electron chi connectivity index (χ1n) is 8.18. The van der Waals surface area contributed by atoms with Crippen LogP contribution >= 0.6 is 23.2 Å². The van der Waals surface area contributed by atoms with Gasteiger partial charge in [0, 0.05) is 26.2 Å². The summed E-state index contributed by atoms with van der Waals surface area (Å²) in [5.41, 5.74) is 1.84. The van der Waals surface area contributed by atoms with E-state index in [0.717, 1.165) is 30.1 Å². The van der Waals surface area contributed by atoms with E-state index in [2.05, 4.69) is 4.90 Å². The number of methoxy groups -OCH3 is 1. The number of benzene rings is 2. The van der Waals surface area contributed by atoms with Crippen molar-refractivity contribution in [2.45, 2.75) is 6.42 Å². The van der Waals surface area contributed by atoms with Crippen molar-refractivity contribution in [3.05, 3.63) is 58.1 Å². The molecule has 1 amide bonds. The maximum absolute atomic E-state index is 12.5. The molecule has 0 radical (unpaired) electrons. The summed E-state index contributed by atoms with van der Waals surface area (Å²) in [6.45, 7) is 2.77. The zero-order valence-corrected chi connectivity index (χ0v) is 15.6. The minimum Gasteiger partial charge on any atom is -0.497 e. The van der Waals surface area contributed by atoms with Gasteiger partial charge >= 0.3 is 0 Å². The first-order chi connectivity index (χ1) is 12.1. The molecule has 2 aromatic rings. The van der Waals surface area contributed by atoms with Crippen LogP contribution in [0.15, 0.2) is 42.5 Å². The molecule has 1 heterocycles. The van der Waals surface area contributed by atoms with Gasteiger partial charge in [-0.25, -0.2) is 0 Å². The van der Waals surface area contributed by atoms with Crippen molar-refractivity contribution >= 4 is 34.8 Å². The van der Waals surface area contributed by atoms with Crippen molar-refractivity contribution in [3.63, 3.8) is 0 Å². The van der Waals surface area contributed by atoms with Crippen LogP contribution in [0.5, 0.6) is 5.75 Å². The molecule has 3 rings (SSSR count). The summed E-state index contributed by atoms with van der Waals surface area (Å²) in [6, 6.07) is 13.1. The Morgan fingerprint density at radius 2 is 1.60 bits per heavy atom. The Bertz CT molecular complexity index is 721. The minimum atomic E-state index is 0.134. The number of hydrogen-bond donors (Lipinski definition) is 0. The Morgan fingerprint density at radius 1 is 1.00 bits per heavy atom. The molecule has 1 fully saturated rings. The average molecular weight is 379 g/mol. The van der Waals surface area contributed by atoms with Gasteiger partial charge in [-0.3, -0.25) is 4.79 Å². The molecule has 0 aliphatic carbocycles. The van der Waals surface area contributed by atoms with E-state index in [4.69, 9.17) is 27.9 Å². The predicted molar refractivity (Wildman–Crippen MR) is 102 cm³/mol. The van der Waals surface area contributed by atoms with Gasteiger partial charge in [0.1, 0.15) is 5.75 Å². The van der Waals surface area contributed by atoms with Crippen LogP contribution in [0.4, 0.5) is 5.69 Å². The fourth-order valence-electron chi connectivity index (χ4n) is 3.00. The zero-order valence-electron chi connectivity index (χ0n) is 14.0.